The molecule has 1 heterocycles. The van der Waals surface area contributed by atoms with Crippen molar-refractivity contribution < 1.29 is 26.4 Å². The third-order valence-corrected chi connectivity index (χ3v) is 7.21. The van der Waals surface area contributed by atoms with Gasteiger partial charge in [0.2, 0.25) is 10.0 Å². The van der Waals surface area contributed by atoms with E-state index in [0.717, 1.165) is 25.7 Å². The number of oxime groups is 1. The fraction of sp³-hybridized carbons (Fsp3) is 0.938. The highest BCUT2D eigenvalue weighted by Crippen LogP contribution is 2.59. The molecule has 2 fully saturated rings. The highest BCUT2D eigenvalue weighted by molar-refractivity contribution is 7.89. The Hall–Kier alpha value is -1.07. The second-order valence-corrected chi connectivity index (χ2v) is 9.80. The summed E-state index contributed by atoms with van der Waals surface area (Å²) in [4.78, 5) is 6.69. The van der Waals surface area contributed by atoms with Crippen molar-refractivity contribution in [1.82, 2.24) is 14.9 Å². The summed E-state index contributed by atoms with van der Waals surface area (Å²) in [6.07, 6.45) is -1.59. The SMILES string of the molecule is CCS(=O)(=O)NCC1CCC(NC2ON=C(C3(C(F)(F)F)CC3)N2C)CC1. The van der Waals surface area contributed by atoms with E-state index in [9.17, 15) is 21.6 Å². The summed E-state index contributed by atoms with van der Waals surface area (Å²) >= 11 is 0. The number of nitrogens with zero attached hydrogens (tertiary/aromatic N) is 2. The van der Waals surface area contributed by atoms with E-state index in [1.165, 1.54) is 4.90 Å². The maximum absolute atomic E-state index is 13.3. The quantitative estimate of drug-likeness (QED) is 0.668. The Balaban J connectivity index is 1.46. The molecule has 0 aromatic heterocycles. The topological polar surface area (TPSA) is 83.0 Å². The molecule has 1 unspecified atom stereocenters. The zero-order valence-corrected chi connectivity index (χ0v) is 16.4. The van der Waals surface area contributed by atoms with E-state index < -0.39 is 28.0 Å². The van der Waals surface area contributed by atoms with Gasteiger partial charge in [-0.05, 0) is 51.4 Å². The van der Waals surface area contributed by atoms with E-state index >= 15 is 0 Å². The van der Waals surface area contributed by atoms with Gasteiger partial charge >= 0.3 is 6.18 Å². The first-order valence-electron chi connectivity index (χ1n) is 9.35. The molecule has 0 aromatic carbocycles. The largest absolute Gasteiger partial charge is 0.401 e. The molecule has 27 heavy (non-hydrogen) atoms. The number of halogens is 3. The summed E-state index contributed by atoms with van der Waals surface area (Å²) in [6, 6.07) is 0.104. The van der Waals surface area contributed by atoms with E-state index in [-0.39, 0.29) is 36.4 Å². The van der Waals surface area contributed by atoms with E-state index in [1.54, 1.807) is 14.0 Å². The molecule has 2 N–H and O–H groups in total. The molecule has 1 atom stereocenters. The maximum atomic E-state index is 13.3. The third kappa shape index (κ3) is 4.34. The Labute approximate surface area is 157 Å². The average Bonchev–Trinajstić information content (AvgIpc) is 3.35. The molecule has 2 aliphatic carbocycles. The molecule has 0 bridgehead atoms. The van der Waals surface area contributed by atoms with Gasteiger partial charge in [0.1, 0.15) is 5.41 Å². The molecule has 11 heteroatoms. The number of hydrogen-bond acceptors (Lipinski definition) is 6. The Morgan fingerprint density at radius 1 is 1.26 bits per heavy atom. The van der Waals surface area contributed by atoms with Crippen LogP contribution in [0.1, 0.15) is 45.4 Å². The van der Waals surface area contributed by atoms with Crippen LogP contribution in [0.4, 0.5) is 13.2 Å². The molecule has 0 aromatic rings. The molecule has 156 valence electrons. The number of amidine groups is 1. The lowest BCUT2D eigenvalue weighted by molar-refractivity contribution is -0.167. The second-order valence-electron chi connectivity index (χ2n) is 7.70. The van der Waals surface area contributed by atoms with E-state index in [0.29, 0.717) is 6.54 Å². The van der Waals surface area contributed by atoms with Crippen LogP contribution in [0.25, 0.3) is 0 Å². The first-order chi connectivity index (χ1) is 12.6. The van der Waals surface area contributed by atoms with Crippen molar-refractivity contribution in [3.63, 3.8) is 0 Å². The molecular formula is C16H27F3N4O3S. The molecule has 2 saturated carbocycles. The van der Waals surface area contributed by atoms with Gasteiger partial charge < -0.3 is 9.74 Å². The summed E-state index contributed by atoms with van der Waals surface area (Å²) in [5.74, 6) is 0.297. The summed E-state index contributed by atoms with van der Waals surface area (Å²) < 4.78 is 65.6. The zero-order valence-electron chi connectivity index (χ0n) is 15.6. The smallest absolute Gasteiger partial charge is 0.352 e. The lowest BCUT2D eigenvalue weighted by Gasteiger charge is -2.33. The van der Waals surface area contributed by atoms with Crippen LogP contribution in [0, 0.1) is 11.3 Å². The van der Waals surface area contributed by atoms with E-state index in [4.69, 9.17) is 4.84 Å². The van der Waals surface area contributed by atoms with Crippen molar-refractivity contribution in [3.05, 3.63) is 0 Å². The van der Waals surface area contributed by atoms with Crippen LogP contribution in [0.15, 0.2) is 5.16 Å². The molecule has 3 rings (SSSR count). The van der Waals surface area contributed by atoms with Gasteiger partial charge in [-0.15, -0.1) is 0 Å². The lowest BCUT2D eigenvalue weighted by Crippen LogP contribution is -2.52. The summed E-state index contributed by atoms with van der Waals surface area (Å²) in [7, 11) is -1.61. The minimum atomic E-state index is -4.32. The van der Waals surface area contributed by atoms with Crippen LogP contribution < -0.4 is 10.0 Å². The fourth-order valence-corrected chi connectivity index (χ4v) is 4.45. The van der Waals surface area contributed by atoms with Crippen molar-refractivity contribution in [2.75, 3.05) is 19.3 Å². The summed E-state index contributed by atoms with van der Waals surface area (Å²) in [5, 5.41) is 6.96. The highest BCUT2D eigenvalue weighted by atomic mass is 32.2. The first-order valence-corrected chi connectivity index (χ1v) is 11.0. The number of alkyl halides is 3. The van der Waals surface area contributed by atoms with Gasteiger partial charge in [0, 0.05) is 19.6 Å². The molecule has 0 amide bonds. The predicted octanol–water partition coefficient (Wildman–Crippen LogP) is 1.98. The molecule has 7 nitrogen and oxygen atoms in total. The van der Waals surface area contributed by atoms with Gasteiger partial charge in [0.25, 0.3) is 6.35 Å². The van der Waals surface area contributed by atoms with Crippen molar-refractivity contribution in [1.29, 1.82) is 0 Å². The van der Waals surface area contributed by atoms with E-state index in [1.807, 2.05) is 0 Å². The van der Waals surface area contributed by atoms with Crippen molar-refractivity contribution in [2.45, 2.75) is 64.0 Å². The third-order valence-electron chi connectivity index (χ3n) is 5.84. The highest BCUT2D eigenvalue weighted by Gasteiger charge is 2.69. The fourth-order valence-electron chi connectivity index (χ4n) is 3.75. The standard InChI is InChI=1S/C16H27F3N4O3S/c1-3-27(24,25)20-10-11-4-6-12(7-5-11)21-14-23(2)13(22-26-14)15(8-9-15)16(17,18)19/h11-12,14,20-21H,3-10H2,1-2H3. The van der Waals surface area contributed by atoms with Crippen LogP contribution in [0.2, 0.25) is 0 Å². The number of sulfonamides is 1. The Kier molecular flexibility index (Phi) is 5.66. The number of hydrogen-bond donors (Lipinski definition) is 2. The molecule has 1 aliphatic heterocycles. The van der Waals surface area contributed by atoms with Crippen LogP contribution >= 0.6 is 0 Å². The molecule has 0 spiro atoms. The zero-order chi connectivity index (χ0) is 19.9. The summed E-state index contributed by atoms with van der Waals surface area (Å²) in [6.45, 7) is 2.03. The molecule has 0 radical (unpaired) electrons. The minimum Gasteiger partial charge on any atom is -0.352 e. The van der Waals surface area contributed by atoms with Crippen molar-refractivity contribution in [3.8, 4) is 0 Å². The number of rotatable bonds is 7. The van der Waals surface area contributed by atoms with Crippen LogP contribution in [0.3, 0.4) is 0 Å². The van der Waals surface area contributed by atoms with Crippen LogP contribution in [0.5, 0.6) is 0 Å². The van der Waals surface area contributed by atoms with Gasteiger partial charge in [0.15, 0.2) is 5.84 Å². The van der Waals surface area contributed by atoms with Gasteiger partial charge in [0.05, 0.1) is 5.75 Å². The molecular weight excluding hydrogens is 385 g/mol. The first kappa shape index (κ1) is 20.7. The Morgan fingerprint density at radius 3 is 2.41 bits per heavy atom. The monoisotopic (exact) mass is 412 g/mol. The maximum Gasteiger partial charge on any atom is 0.401 e. The average molecular weight is 412 g/mol. The second kappa shape index (κ2) is 7.40. The van der Waals surface area contributed by atoms with Gasteiger partial charge in [-0.3, -0.25) is 5.32 Å². The molecule has 0 saturated heterocycles. The van der Waals surface area contributed by atoms with Gasteiger partial charge in [-0.2, -0.15) is 13.2 Å². The van der Waals surface area contributed by atoms with Crippen molar-refractivity contribution >= 4 is 15.9 Å². The Bertz CT molecular complexity index is 671. The minimum absolute atomic E-state index is 0.0461. The number of nitrogens with one attached hydrogen (secondary N) is 2. The predicted molar refractivity (Wildman–Crippen MR) is 94.1 cm³/mol. The molecule has 3 aliphatic rings. The van der Waals surface area contributed by atoms with Crippen LogP contribution in [-0.2, 0) is 14.9 Å². The van der Waals surface area contributed by atoms with Gasteiger partial charge in [-0.25, -0.2) is 13.1 Å². The lowest BCUT2D eigenvalue weighted by atomic mass is 9.86. The van der Waals surface area contributed by atoms with Crippen molar-refractivity contribution in [2.24, 2.45) is 16.5 Å². The summed E-state index contributed by atoms with van der Waals surface area (Å²) in [5.41, 5.74) is -1.85. The van der Waals surface area contributed by atoms with Crippen LogP contribution in [-0.4, -0.2) is 57.1 Å². The normalized spacial score (nSPS) is 30.8. The van der Waals surface area contributed by atoms with E-state index in [2.05, 4.69) is 15.2 Å². The van der Waals surface area contributed by atoms with Gasteiger partial charge in [-0.1, -0.05) is 5.16 Å². The Morgan fingerprint density at radius 2 is 1.89 bits per heavy atom.